The molecule has 0 radical (unpaired) electrons. The molecule has 0 aliphatic carbocycles. The molecule has 5 rings (SSSR count). The first kappa shape index (κ1) is 23.6. The fourth-order valence-corrected chi connectivity index (χ4v) is 4.18. The van der Waals surface area contributed by atoms with Crippen molar-refractivity contribution < 1.29 is 9.53 Å². The van der Waals surface area contributed by atoms with Crippen LogP contribution in [-0.2, 0) is 6.54 Å². The van der Waals surface area contributed by atoms with Crippen LogP contribution in [0.3, 0.4) is 0 Å². The molecule has 9 heteroatoms. The molecule has 1 aliphatic heterocycles. The molecule has 4 aromatic rings. The van der Waals surface area contributed by atoms with E-state index in [4.69, 9.17) is 4.74 Å². The van der Waals surface area contributed by atoms with Gasteiger partial charge in [0.05, 0.1) is 16.9 Å². The minimum absolute atomic E-state index is 0.164. The number of hydrogen-bond acceptors (Lipinski definition) is 8. The molecule has 2 aromatic carbocycles. The van der Waals surface area contributed by atoms with Crippen LogP contribution in [0.15, 0.2) is 55.0 Å². The molecule has 9 nitrogen and oxygen atoms in total. The highest BCUT2D eigenvalue weighted by molar-refractivity contribution is 5.99. The Hall–Kier alpha value is -4.11. The summed E-state index contributed by atoms with van der Waals surface area (Å²) in [5.41, 5.74) is 3.74. The second kappa shape index (κ2) is 10.2. The summed E-state index contributed by atoms with van der Waals surface area (Å²) >= 11 is 0. The number of carbonyl (C=O) groups excluding carboxylic acids is 1. The van der Waals surface area contributed by atoms with Gasteiger partial charge in [0.25, 0.3) is 5.91 Å². The van der Waals surface area contributed by atoms with Gasteiger partial charge in [-0.15, -0.1) is 0 Å². The number of likely N-dealkylation sites (N-methyl/N-ethyl adjacent to an activating group) is 1. The predicted octanol–water partition coefficient (Wildman–Crippen LogP) is 3.51. The van der Waals surface area contributed by atoms with E-state index in [1.165, 1.54) is 0 Å². The number of nitrogens with zero attached hydrogens (tertiary/aromatic N) is 6. The molecule has 1 N–H and O–H groups in total. The van der Waals surface area contributed by atoms with E-state index >= 15 is 0 Å². The van der Waals surface area contributed by atoms with Crippen LogP contribution < -0.4 is 15.0 Å². The van der Waals surface area contributed by atoms with Gasteiger partial charge in [0.2, 0.25) is 5.88 Å². The van der Waals surface area contributed by atoms with E-state index in [1.54, 1.807) is 12.5 Å². The highest BCUT2D eigenvalue weighted by atomic mass is 16.5. The molecule has 36 heavy (non-hydrogen) atoms. The molecule has 0 saturated carbocycles. The van der Waals surface area contributed by atoms with Crippen molar-refractivity contribution in [1.82, 2.24) is 30.2 Å². The van der Waals surface area contributed by atoms with E-state index in [0.717, 1.165) is 59.9 Å². The fourth-order valence-electron chi connectivity index (χ4n) is 4.18. The van der Waals surface area contributed by atoms with Gasteiger partial charge in [-0.3, -0.25) is 9.78 Å². The number of aryl methyl sites for hydroxylation is 2. The average molecular weight is 484 g/mol. The molecule has 1 amide bonds. The number of ether oxygens (including phenoxy) is 1. The molecular formula is C27H29N7O2. The first-order chi connectivity index (χ1) is 17.5. The minimum atomic E-state index is -0.164. The van der Waals surface area contributed by atoms with Gasteiger partial charge in [0, 0.05) is 49.9 Å². The summed E-state index contributed by atoms with van der Waals surface area (Å²) in [5.74, 6) is 1.88. The quantitative estimate of drug-likeness (QED) is 0.445. The van der Waals surface area contributed by atoms with Gasteiger partial charge in [0.15, 0.2) is 0 Å². The van der Waals surface area contributed by atoms with Crippen molar-refractivity contribution in [3.8, 4) is 11.6 Å². The second-order valence-corrected chi connectivity index (χ2v) is 9.05. The van der Waals surface area contributed by atoms with Crippen LogP contribution in [0.1, 0.15) is 27.3 Å². The highest BCUT2D eigenvalue weighted by Gasteiger charge is 2.18. The van der Waals surface area contributed by atoms with E-state index in [0.29, 0.717) is 23.7 Å². The van der Waals surface area contributed by atoms with Crippen molar-refractivity contribution >= 4 is 22.6 Å². The summed E-state index contributed by atoms with van der Waals surface area (Å²) in [6, 6.07) is 13.2. The molecule has 0 atom stereocenters. The van der Waals surface area contributed by atoms with Crippen molar-refractivity contribution in [3.63, 3.8) is 0 Å². The van der Waals surface area contributed by atoms with Crippen molar-refractivity contribution in [1.29, 1.82) is 0 Å². The maximum Gasteiger partial charge on any atom is 0.251 e. The lowest BCUT2D eigenvalue weighted by Gasteiger charge is -2.33. The lowest BCUT2D eigenvalue weighted by molar-refractivity contribution is 0.0951. The maximum absolute atomic E-state index is 12.9. The van der Waals surface area contributed by atoms with Gasteiger partial charge in [-0.1, -0.05) is 12.1 Å². The molecular weight excluding hydrogens is 454 g/mol. The van der Waals surface area contributed by atoms with Crippen LogP contribution >= 0.6 is 0 Å². The van der Waals surface area contributed by atoms with E-state index < -0.39 is 0 Å². The largest absolute Gasteiger partial charge is 0.437 e. The monoisotopic (exact) mass is 483 g/mol. The number of rotatable bonds is 6. The molecule has 1 saturated heterocycles. The van der Waals surface area contributed by atoms with Crippen LogP contribution in [0, 0.1) is 13.8 Å². The van der Waals surface area contributed by atoms with Crippen molar-refractivity contribution in [3.05, 3.63) is 77.5 Å². The Kier molecular flexibility index (Phi) is 6.73. The summed E-state index contributed by atoms with van der Waals surface area (Å²) in [7, 11) is 2.13. The van der Waals surface area contributed by atoms with E-state index in [9.17, 15) is 4.79 Å². The average Bonchev–Trinajstić information content (AvgIpc) is 2.89. The molecule has 184 valence electrons. The number of anilines is 1. The summed E-state index contributed by atoms with van der Waals surface area (Å²) in [6.45, 7) is 7.92. The lowest BCUT2D eigenvalue weighted by Crippen LogP contribution is -2.44. The van der Waals surface area contributed by atoms with Crippen LogP contribution in [0.4, 0.5) is 5.82 Å². The van der Waals surface area contributed by atoms with Gasteiger partial charge in [-0.25, -0.2) is 15.0 Å². The zero-order valence-electron chi connectivity index (χ0n) is 20.7. The summed E-state index contributed by atoms with van der Waals surface area (Å²) in [4.78, 5) is 35.2. The molecule has 0 bridgehead atoms. The SMILES string of the molecule is Cc1cnc(C)c(Oc2cccc(CNC(=O)c3ccc4c(N5CCN(C)CC5)ncnc4c3)c2)n1. The molecule has 0 unspecified atom stereocenters. The minimum Gasteiger partial charge on any atom is -0.437 e. The summed E-state index contributed by atoms with van der Waals surface area (Å²) in [5, 5.41) is 3.95. The Morgan fingerprint density at radius 1 is 1.03 bits per heavy atom. The highest BCUT2D eigenvalue weighted by Crippen LogP contribution is 2.25. The van der Waals surface area contributed by atoms with Gasteiger partial charge >= 0.3 is 0 Å². The Morgan fingerprint density at radius 3 is 2.69 bits per heavy atom. The third kappa shape index (κ3) is 5.26. The number of benzene rings is 2. The van der Waals surface area contributed by atoms with Crippen LogP contribution in [0.25, 0.3) is 10.9 Å². The van der Waals surface area contributed by atoms with E-state index in [2.05, 4.69) is 42.1 Å². The number of fused-ring (bicyclic) bond motifs is 1. The van der Waals surface area contributed by atoms with Crippen molar-refractivity contribution in [2.45, 2.75) is 20.4 Å². The van der Waals surface area contributed by atoms with Crippen molar-refractivity contribution in [2.24, 2.45) is 0 Å². The van der Waals surface area contributed by atoms with E-state index in [-0.39, 0.29) is 5.91 Å². The molecule has 1 fully saturated rings. The predicted molar refractivity (Wildman–Crippen MR) is 138 cm³/mol. The summed E-state index contributed by atoms with van der Waals surface area (Å²) in [6.07, 6.45) is 3.28. The Bertz CT molecular complexity index is 1400. The van der Waals surface area contributed by atoms with Crippen LogP contribution in [-0.4, -0.2) is 64.0 Å². The van der Waals surface area contributed by atoms with Crippen molar-refractivity contribution in [2.75, 3.05) is 38.1 Å². The zero-order chi connectivity index (χ0) is 25.1. The Morgan fingerprint density at radius 2 is 1.86 bits per heavy atom. The lowest BCUT2D eigenvalue weighted by atomic mass is 10.1. The maximum atomic E-state index is 12.9. The molecule has 3 heterocycles. The van der Waals surface area contributed by atoms with Crippen LogP contribution in [0.2, 0.25) is 0 Å². The summed E-state index contributed by atoms with van der Waals surface area (Å²) < 4.78 is 5.93. The number of nitrogens with one attached hydrogen (secondary N) is 1. The third-order valence-electron chi connectivity index (χ3n) is 6.28. The van der Waals surface area contributed by atoms with Gasteiger partial charge in [-0.05, 0) is 56.8 Å². The fraction of sp³-hybridized carbons (Fsp3) is 0.296. The number of aromatic nitrogens is 4. The first-order valence-electron chi connectivity index (χ1n) is 12.0. The third-order valence-corrected chi connectivity index (χ3v) is 6.28. The second-order valence-electron chi connectivity index (χ2n) is 9.05. The van der Waals surface area contributed by atoms with Gasteiger partial charge < -0.3 is 19.9 Å². The Balaban J connectivity index is 1.27. The zero-order valence-corrected chi connectivity index (χ0v) is 20.7. The normalized spacial score (nSPS) is 14.1. The number of hydrogen-bond donors (Lipinski definition) is 1. The Labute approximate surface area is 210 Å². The molecule has 2 aromatic heterocycles. The van der Waals surface area contributed by atoms with Gasteiger partial charge in [-0.2, -0.15) is 0 Å². The first-order valence-corrected chi connectivity index (χ1v) is 12.0. The number of piperazine rings is 1. The van der Waals surface area contributed by atoms with Gasteiger partial charge in [0.1, 0.15) is 17.9 Å². The molecule has 1 aliphatic rings. The number of amides is 1. The molecule has 0 spiro atoms. The topological polar surface area (TPSA) is 96.4 Å². The standard InChI is InChI=1S/C27H29N7O2/c1-18-15-28-19(2)27(32-18)36-22-6-4-5-20(13-22)16-29-26(35)21-7-8-23-24(14-21)30-17-31-25(23)34-11-9-33(3)10-12-34/h4-8,13-15,17H,9-12,16H2,1-3H3,(H,29,35). The van der Waals surface area contributed by atoms with Crippen LogP contribution in [0.5, 0.6) is 11.6 Å². The smallest absolute Gasteiger partial charge is 0.251 e. The van der Waals surface area contributed by atoms with E-state index in [1.807, 2.05) is 56.3 Å². The number of carbonyl (C=O) groups is 1.